The van der Waals surface area contributed by atoms with Crippen LogP contribution in [0.3, 0.4) is 0 Å². The maximum Gasteiger partial charge on any atom is 0.344 e. The van der Waals surface area contributed by atoms with Crippen LogP contribution in [0, 0.1) is 13.8 Å². The molecule has 0 saturated heterocycles. The van der Waals surface area contributed by atoms with E-state index in [2.05, 4.69) is 10.3 Å². The summed E-state index contributed by atoms with van der Waals surface area (Å²) in [7, 11) is 0. The largest absolute Gasteiger partial charge is 0.482 e. The molecule has 1 amide bonds. The van der Waals surface area contributed by atoms with Crippen molar-refractivity contribution in [2.45, 2.75) is 13.8 Å². The molecule has 0 bridgehead atoms. The van der Waals surface area contributed by atoms with Crippen molar-refractivity contribution >= 4 is 24.3 Å². The van der Waals surface area contributed by atoms with Crippen molar-refractivity contribution in [1.29, 1.82) is 0 Å². The molecule has 0 atom stereocenters. The van der Waals surface area contributed by atoms with Crippen LogP contribution >= 0.6 is 12.4 Å². The number of aromatic nitrogens is 1. The number of hydrogen-bond donors (Lipinski definition) is 1. The van der Waals surface area contributed by atoms with Gasteiger partial charge in [-0.25, -0.2) is 4.79 Å². The number of carbonyl (C=O) groups is 2. The third kappa shape index (κ3) is 7.22. The topological polar surface area (TPSA) is 77.5 Å². The Bertz CT molecular complexity index is 687. The zero-order valence-corrected chi connectivity index (χ0v) is 15.0. The van der Waals surface area contributed by atoms with E-state index < -0.39 is 5.97 Å². The summed E-state index contributed by atoms with van der Waals surface area (Å²) in [5.41, 5.74) is 2.64. The predicted octanol–water partition coefficient (Wildman–Crippen LogP) is 2.47. The van der Waals surface area contributed by atoms with E-state index in [-0.39, 0.29) is 38.1 Å². The third-order valence-electron chi connectivity index (χ3n) is 3.15. The Labute approximate surface area is 153 Å². The van der Waals surface area contributed by atoms with Gasteiger partial charge >= 0.3 is 5.97 Å². The summed E-state index contributed by atoms with van der Waals surface area (Å²) in [6.45, 7) is 4.08. The molecule has 0 radical (unpaired) electrons. The number of hydrogen-bond acceptors (Lipinski definition) is 5. The molecule has 1 aromatic heterocycles. The van der Waals surface area contributed by atoms with Crippen LogP contribution < -0.4 is 10.1 Å². The van der Waals surface area contributed by atoms with Gasteiger partial charge in [0.25, 0.3) is 5.91 Å². The van der Waals surface area contributed by atoms with Crippen molar-refractivity contribution in [3.63, 3.8) is 0 Å². The second-order valence-electron chi connectivity index (χ2n) is 5.32. The third-order valence-corrected chi connectivity index (χ3v) is 3.15. The summed E-state index contributed by atoms with van der Waals surface area (Å²) < 4.78 is 10.4. The van der Waals surface area contributed by atoms with Gasteiger partial charge in [0, 0.05) is 18.0 Å². The van der Waals surface area contributed by atoms with Crippen molar-refractivity contribution in [3.05, 3.63) is 59.4 Å². The number of ether oxygens (including phenoxy) is 2. The van der Waals surface area contributed by atoms with Gasteiger partial charge in [-0.1, -0.05) is 6.07 Å². The first kappa shape index (κ1) is 20.4. The summed E-state index contributed by atoms with van der Waals surface area (Å²) in [4.78, 5) is 27.2. The van der Waals surface area contributed by atoms with Crippen LogP contribution in [0.25, 0.3) is 0 Å². The van der Waals surface area contributed by atoms with E-state index in [1.807, 2.05) is 32.0 Å². The summed E-state index contributed by atoms with van der Waals surface area (Å²) in [5, 5.41) is 2.66. The number of pyridine rings is 1. The smallest absolute Gasteiger partial charge is 0.344 e. The standard InChI is InChI=1S/C18H20N2O4.ClH/c1-13-9-14(2)11-16(10-13)24-12-17(21)23-8-7-20-18(22)15-3-5-19-6-4-15;/h3-6,9-11H,7-8,12H2,1-2H3,(H,20,22);1H. The number of amides is 1. The number of nitrogens with zero attached hydrogens (tertiary/aromatic N) is 1. The molecule has 2 aromatic rings. The van der Waals surface area contributed by atoms with Crippen molar-refractivity contribution in [2.75, 3.05) is 19.8 Å². The lowest BCUT2D eigenvalue weighted by Crippen LogP contribution is -2.28. The summed E-state index contributed by atoms with van der Waals surface area (Å²) >= 11 is 0. The fraction of sp³-hybridized carbons (Fsp3) is 0.278. The van der Waals surface area contributed by atoms with Crippen LogP contribution in [-0.2, 0) is 9.53 Å². The normalized spacial score (nSPS) is 9.68. The van der Waals surface area contributed by atoms with E-state index >= 15 is 0 Å². The van der Waals surface area contributed by atoms with Gasteiger partial charge in [-0.2, -0.15) is 0 Å². The molecule has 0 saturated carbocycles. The molecule has 0 fully saturated rings. The van der Waals surface area contributed by atoms with Crippen molar-refractivity contribution in [1.82, 2.24) is 10.3 Å². The number of aryl methyl sites for hydroxylation is 2. The number of nitrogens with one attached hydrogen (secondary N) is 1. The van der Waals surface area contributed by atoms with Crippen LogP contribution in [0.15, 0.2) is 42.7 Å². The minimum atomic E-state index is -0.479. The zero-order chi connectivity index (χ0) is 17.4. The summed E-state index contributed by atoms with van der Waals surface area (Å²) in [5.74, 6) is -0.0808. The molecule has 0 spiro atoms. The van der Waals surface area contributed by atoms with Crippen molar-refractivity contribution in [2.24, 2.45) is 0 Å². The quantitative estimate of drug-likeness (QED) is 0.603. The number of carbonyl (C=O) groups excluding carboxylic acids is 2. The second kappa shape index (κ2) is 10.3. The molecule has 0 aliphatic heterocycles. The lowest BCUT2D eigenvalue weighted by molar-refractivity contribution is -0.145. The molecule has 0 aliphatic rings. The minimum absolute atomic E-state index is 0. The second-order valence-corrected chi connectivity index (χ2v) is 5.32. The summed E-state index contributed by atoms with van der Waals surface area (Å²) in [6.07, 6.45) is 3.08. The van der Waals surface area contributed by atoms with E-state index in [9.17, 15) is 9.59 Å². The minimum Gasteiger partial charge on any atom is -0.482 e. The lowest BCUT2D eigenvalue weighted by atomic mass is 10.1. The lowest BCUT2D eigenvalue weighted by Gasteiger charge is -2.09. The molecule has 1 heterocycles. The van der Waals surface area contributed by atoms with Crippen LogP contribution in [0.2, 0.25) is 0 Å². The van der Waals surface area contributed by atoms with Crippen LogP contribution in [-0.4, -0.2) is 36.6 Å². The highest BCUT2D eigenvalue weighted by atomic mass is 35.5. The SMILES string of the molecule is Cc1cc(C)cc(OCC(=O)OCCNC(=O)c2ccncc2)c1.Cl. The molecule has 0 aliphatic carbocycles. The predicted molar refractivity (Wildman–Crippen MR) is 96.2 cm³/mol. The summed E-state index contributed by atoms with van der Waals surface area (Å²) in [6, 6.07) is 8.96. The Morgan fingerprint density at radius 3 is 2.36 bits per heavy atom. The molecule has 25 heavy (non-hydrogen) atoms. The van der Waals surface area contributed by atoms with Crippen LogP contribution in [0.4, 0.5) is 0 Å². The van der Waals surface area contributed by atoms with E-state index in [1.54, 1.807) is 24.5 Å². The number of rotatable bonds is 7. The molecular formula is C18H21ClN2O4. The maximum absolute atomic E-state index is 11.8. The van der Waals surface area contributed by atoms with Crippen molar-refractivity contribution < 1.29 is 19.1 Å². The van der Waals surface area contributed by atoms with E-state index in [0.717, 1.165) is 11.1 Å². The number of benzene rings is 1. The molecule has 1 N–H and O–H groups in total. The number of halogens is 1. The first-order chi connectivity index (χ1) is 11.5. The first-order valence-corrected chi connectivity index (χ1v) is 7.59. The van der Waals surface area contributed by atoms with Gasteiger partial charge in [0.1, 0.15) is 12.4 Å². The van der Waals surface area contributed by atoms with E-state index in [4.69, 9.17) is 9.47 Å². The Morgan fingerprint density at radius 1 is 1.08 bits per heavy atom. The fourth-order valence-corrected chi connectivity index (χ4v) is 2.13. The average molecular weight is 365 g/mol. The van der Waals surface area contributed by atoms with Gasteiger partial charge in [-0.15, -0.1) is 12.4 Å². The molecule has 2 rings (SSSR count). The van der Waals surface area contributed by atoms with E-state index in [0.29, 0.717) is 11.3 Å². The zero-order valence-electron chi connectivity index (χ0n) is 14.2. The Morgan fingerprint density at radius 2 is 1.72 bits per heavy atom. The molecule has 134 valence electrons. The highest BCUT2D eigenvalue weighted by Crippen LogP contribution is 2.16. The molecule has 1 aromatic carbocycles. The van der Waals surface area contributed by atoms with Gasteiger partial charge in [0.15, 0.2) is 6.61 Å². The van der Waals surface area contributed by atoms with Gasteiger partial charge in [-0.05, 0) is 49.2 Å². The van der Waals surface area contributed by atoms with Gasteiger partial charge in [0.05, 0.1) is 6.54 Å². The monoisotopic (exact) mass is 364 g/mol. The Balaban J connectivity index is 0.00000312. The van der Waals surface area contributed by atoms with Gasteiger partial charge in [0.2, 0.25) is 0 Å². The first-order valence-electron chi connectivity index (χ1n) is 7.59. The van der Waals surface area contributed by atoms with Gasteiger partial charge < -0.3 is 14.8 Å². The highest BCUT2D eigenvalue weighted by Gasteiger charge is 2.07. The Kier molecular flexibility index (Phi) is 8.43. The molecule has 7 heteroatoms. The average Bonchev–Trinajstić information content (AvgIpc) is 2.56. The fourth-order valence-electron chi connectivity index (χ4n) is 2.13. The number of esters is 1. The van der Waals surface area contributed by atoms with Crippen LogP contribution in [0.5, 0.6) is 5.75 Å². The van der Waals surface area contributed by atoms with Gasteiger partial charge in [-0.3, -0.25) is 9.78 Å². The highest BCUT2D eigenvalue weighted by molar-refractivity contribution is 5.93. The van der Waals surface area contributed by atoms with Crippen LogP contribution in [0.1, 0.15) is 21.5 Å². The molecular weight excluding hydrogens is 344 g/mol. The van der Waals surface area contributed by atoms with Crippen molar-refractivity contribution in [3.8, 4) is 5.75 Å². The maximum atomic E-state index is 11.8. The van der Waals surface area contributed by atoms with E-state index in [1.165, 1.54) is 0 Å². The Hall–Kier alpha value is -2.60. The molecule has 0 unspecified atom stereocenters. The molecule has 6 nitrogen and oxygen atoms in total.